The number of rotatable bonds is 5. The van der Waals surface area contributed by atoms with Gasteiger partial charge in [0.1, 0.15) is 0 Å². The Balaban J connectivity index is 4.49. The van der Waals surface area contributed by atoms with Gasteiger partial charge in [0.15, 0.2) is 6.23 Å². The highest BCUT2D eigenvalue weighted by Crippen LogP contribution is 2.01. The number of carbonyl (C=O) groups is 2. The van der Waals surface area contributed by atoms with Crippen LogP contribution in [0.4, 0.5) is 9.59 Å². The van der Waals surface area contributed by atoms with Crippen LogP contribution in [0.3, 0.4) is 0 Å². The van der Waals surface area contributed by atoms with E-state index in [2.05, 4.69) is 10.2 Å². The van der Waals surface area contributed by atoms with Crippen LogP contribution in [0.1, 0.15) is 27.7 Å². The molecule has 0 radical (unpaired) electrons. The van der Waals surface area contributed by atoms with Gasteiger partial charge in [0.25, 0.3) is 0 Å². The van der Waals surface area contributed by atoms with E-state index < -0.39 is 18.4 Å². The van der Waals surface area contributed by atoms with Gasteiger partial charge >= 0.3 is 12.2 Å². The molecule has 0 aromatic rings. The van der Waals surface area contributed by atoms with Crippen molar-refractivity contribution in [3.63, 3.8) is 0 Å². The second kappa shape index (κ2) is 8.63. The molecule has 0 saturated heterocycles. The van der Waals surface area contributed by atoms with Crippen molar-refractivity contribution in [2.24, 2.45) is 0 Å². The van der Waals surface area contributed by atoms with Crippen molar-refractivity contribution in [2.45, 2.75) is 33.9 Å². The van der Waals surface area contributed by atoms with E-state index in [0.717, 1.165) is 5.01 Å². The largest absolute Gasteiger partial charge is 0.449 e. The van der Waals surface area contributed by atoms with Crippen molar-refractivity contribution in [3.8, 4) is 0 Å². The molecule has 0 fully saturated rings. The number of carbonyl (C=O) groups excluding carboxylic acids is 2. The minimum atomic E-state index is -0.730. The Kier molecular flexibility index (Phi) is 7.87. The zero-order valence-corrected chi connectivity index (χ0v) is 10.7. The summed E-state index contributed by atoms with van der Waals surface area (Å²) in [6.45, 7) is 7.56. The Labute approximate surface area is 101 Å². The molecule has 0 saturated carbocycles. The quantitative estimate of drug-likeness (QED) is 0.589. The fraction of sp³-hybridized carbons (Fsp3) is 0.800. The summed E-state index contributed by atoms with van der Waals surface area (Å²) in [5.41, 5.74) is 2.26. The van der Waals surface area contributed by atoms with Crippen LogP contribution in [0.15, 0.2) is 0 Å². The number of ether oxygens (including phenoxy) is 3. The first kappa shape index (κ1) is 15.5. The average molecular weight is 248 g/mol. The molecule has 0 bridgehead atoms. The van der Waals surface area contributed by atoms with Gasteiger partial charge in [-0.25, -0.2) is 15.0 Å². The zero-order chi connectivity index (χ0) is 13.3. The number of hydrazine groups is 1. The number of nitrogens with one attached hydrogen (secondary N) is 1. The van der Waals surface area contributed by atoms with Gasteiger partial charge in [-0.05, 0) is 27.7 Å². The minimum absolute atomic E-state index is 0.207. The zero-order valence-electron chi connectivity index (χ0n) is 10.7. The van der Waals surface area contributed by atoms with E-state index >= 15 is 0 Å². The second-order valence-corrected chi connectivity index (χ2v) is 2.96. The van der Waals surface area contributed by atoms with Crippen molar-refractivity contribution in [2.75, 3.05) is 19.8 Å². The molecule has 1 unspecified atom stereocenters. The summed E-state index contributed by atoms with van der Waals surface area (Å²) < 4.78 is 14.7. The first-order valence-electron chi connectivity index (χ1n) is 5.57. The van der Waals surface area contributed by atoms with Crippen molar-refractivity contribution >= 4 is 12.2 Å². The summed E-state index contributed by atoms with van der Waals surface area (Å²) in [7, 11) is 0. The van der Waals surface area contributed by atoms with E-state index in [1.807, 2.05) is 0 Å². The Hall–Kier alpha value is -1.50. The molecule has 7 heteroatoms. The van der Waals surface area contributed by atoms with E-state index in [4.69, 9.17) is 9.47 Å². The van der Waals surface area contributed by atoms with Crippen LogP contribution in [-0.4, -0.2) is 43.2 Å². The highest BCUT2D eigenvalue weighted by molar-refractivity contribution is 5.74. The molecule has 0 aliphatic carbocycles. The van der Waals surface area contributed by atoms with Crippen molar-refractivity contribution in [1.82, 2.24) is 10.4 Å². The van der Waals surface area contributed by atoms with Crippen LogP contribution in [0.2, 0.25) is 0 Å². The second-order valence-electron chi connectivity index (χ2n) is 2.96. The van der Waals surface area contributed by atoms with Gasteiger partial charge in [0, 0.05) is 6.61 Å². The van der Waals surface area contributed by atoms with Crippen LogP contribution in [-0.2, 0) is 14.2 Å². The molecule has 1 N–H and O–H groups in total. The molecule has 0 aliphatic heterocycles. The SMILES string of the molecule is CCOC(=O)NN(C(=O)OCC)C(C)OCC. The molecule has 7 nitrogen and oxygen atoms in total. The van der Waals surface area contributed by atoms with Crippen LogP contribution >= 0.6 is 0 Å². The smallest absolute Gasteiger partial charge is 0.431 e. The molecular weight excluding hydrogens is 228 g/mol. The number of hydrogen-bond donors (Lipinski definition) is 1. The average Bonchev–Trinajstić information content (AvgIpc) is 2.26. The van der Waals surface area contributed by atoms with Crippen molar-refractivity contribution in [1.29, 1.82) is 0 Å². The fourth-order valence-corrected chi connectivity index (χ4v) is 1.06. The molecular formula is C10H20N2O5. The Morgan fingerprint density at radius 1 is 1.12 bits per heavy atom. The van der Waals surface area contributed by atoms with Gasteiger partial charge < -0.3 is 14.2 Å². The van der Waals surface area contributed by atoms with Crippen molar-refractivity contribution < 1.29 is 23.8 Å². The monoisotopic (exact) mass is 248 g/mol. The van der Waals surface area contributed by atoms with Crippen LogP contribution in [0, 0.1) is 0 Å². The molecule has 17 heavy (non-hydrogen) atoms. The molecule has 0 spiro atoms. The highest BCUT2D eigenvalue weighted by atomic mass is 16.6. The molecule has 0 aliphatic rings. The minimum Gasteiger partial charge on any atom is -0.449 e. The molecule has 0 aromatic carbocycles. The van der Waals surface area contributed by atoms with Crippen LogP contribution in [0.25, 0.3) is 0 Å². The summed E-state index contributed by atoms with van der Waals surface area (Å²) in [4.78, 5) is 22.8. The van der Waals surface area contributed by atoms with Gasteiger partial charge in [0.2, 0.25) is 0 Å². The molecule has 0 heterocycles. The summed E-state index contributed by atoms with van der Waals surface area (Å²) in [5.74, 6) is 0. The van der Waals surface area contributed by atoms with Gasteiger partial charge in [-0.15, -0.1) is 0 Å². The van der Waals surface area contributed by atoms with E-state index in [1.165, 1.54) is 0 Å². The first-order chi connectivity index (χ1) is 8.06. The summed E-state index contributed by atoms with van der Waals surface area (Å²) >= 11 is 0. The number of amides is 2. The molecule has 1 atom stereocenters. The van der Waals surface area contributed by atoms with E-state index in [0.29, 0.717) is 6.61 Å². The third-order valence-corrected chi connectivity index (χ3v) is 1.72. The maximum Gasteiger partial charge on any atom is 0.431 e. The lowest BCUT2D eigenvalue weighted by Gasteiger charge is -2.27. The normalized spacial score (nSPS) is 11.5. The first-order valence-corrected chi connectivity index (χ1v) is 5.57. The topological polar surface area (TPSA) is 77.1 Å². The van der Waals surface area contributed by atoms with E-state index in [-0.39, 0.29) is 13.2 Å². The number of hydrogen-bond acceptors (Lipinski definition) is 5. The number of nitrogens with zero attached hydrogens (tertiary/aromatic N) is 1. The van der Waals surface area contributed by atoms with Crippen LogP contribution in [0.5, 0.6) is 0 Å². The van der Waals surface area contributed by atoms with Gasteiger partial charge in [-0.2, -0.15) is 5.01 Å². The van der Waals surface area contributed by atoms with E-state index in [1.54, 1.807) is 27.7 Å². The van der Waals surface area contributed by atoms with Gasteiger partial charge in [0.05, 0.1) is 13.2 Å². The summed E-state index contributed by atoms with van der Waals surface area (Å²) in [5, 5.41) is 0.949. The Morgan fingerprint density at radius 2 is 1.71 bits per heavy atom. The predicted molar refractivity (Wildman–Crippen MR) is 60.1 cm³/mol. The lowest BCUT2D eigenvalue weighted by Crippen LogP contribution is -2.52. The van der Waals surface area contributed by atoms with Crippen molar-refractivity contribution in [3.05, 3.63) is 0 Å². The predicted octanol–water partition coefficient (Wildman–Crippen LogP) is 1.49. The fourth-order valence-electron chi connectivity index (χ4n) is 1.06. The third kappa shape index (κ3) is 5.96. The maximum absolute atomic E-state index is 11.6. The summed E-state index contributed by atoms with van der Waals surface area (Å²) in [6, 6.07) is 0. The lowest BCUT2D eigenvalue weighted by atomic mass is 10.6. The van der Waals surface area contributed by atoms with Crippen LogP contribution < -0.4 is 5.43 Å². The molecule has 100 valence electrons. The Morgan fingerprint density at radius 3 is 2.18 bits per heavy atom. The Bertz CT molecular complexity index is 247. The van der Waals surface area contributed by atoms with Gasteiger partial charge in [-0.1, -0.05) is 0 Å². The van der Waals surface area contributed by atoms with Gasteiger partial charge in [-0.3, -0.25) is 0 Å². The maximum atomic E-state index is 11.6. The van der Waals surface area contributed by atoms with E-state index in [9.17, 15) is 9.59 Å². The standard InChI is InChI=1S/C10H20N2O5/c1-5-15-8(4)12(10(14)17-7-3)11-9(13)16-6-2/h8H,5-7H2,1-4H3,(H,11,13). The molecule has 2 amide bonds. The molecule has 0 aromatic heterocycles. The lowest BCUT2D eigenvalue weighted by molar-refractivity contribution is -0.0580. The summed E-state index contributed by atoms with van der Waals surface area (Å²) in [6.07, 6.45) is -2.06. The molecule has 0 rings (SSSR count). The third-order valence-electron chi connectivity index (χ3n) is 1.72. The highest BCUT2D eigenvalue weighted by Gasteiger charge is 2.24.